The molecule has 0 aliphatic rings. The van der Waals surface area contributed by atoms with Crippen LogP contribution in [-0.4, -0.2) is 46.7 Å². The van der Waals surface area contributed by atoms with Crippen molar-refractivity contribution in [3.63, 3.8) is 0 Å². The van der Waals surface area contributed by atoms with Crippen LogP contribution in [-0.2, 0) is 9.63 Å². The molecule has 9 nitrogen and oxygen atoms in total. The van der Waals surface area contributed by atoms with Crippen molar-refractivity contribution < 1.29 is 32.3 Å². The Morgan fingerprint density at radius 1 is 1.14 bits per heavy atom. The number of ether oxygens (including phenoxy) is 1. The van der Waals surface area contributed by atoms with Crippen LogP contribution in [0.4, 0.5) is 23.7 Å². The molecule has 0 aliphatic carbocycles. The number of benzene rings is 1. The van der Waals surface area contributed by atoms with E-state index in [0.29, 0.717) is 27.8 Å². The first-order chi connectivity index (χ1) is 16.8. The van der Waals surface area contributed by atoms with E-state index in [2.05, 4.69) is 14.8 Å². The van der Waals surface area contributed by atoms with Crippen LogP contribution in [0.15, 0.2) is 67.1 Å². The summed E-state index contributed by atoms with van der Waals surface area (Å²) in [5, 5.41) is 2.11. The van der Waals surface area contributed by atoms with Gasteiger partial charge in [0.1, 0.15) is 12.2 Å². The Morgan fingerprint density at radius 3 is 2.71 bits per heavy atom. The number of aromatic nitrogens is 3. The van der Waals surface area contributed by atoms with Gasteiger partial charge in [-0.2, -0.15) is 13.2 Å². The second-order valence-electron chi connectivity index (χ2n) is 7.17. The monoisotopic (exact) mass is 485 g/mol. The lowest BCUT2D eigenvalue weighted by atomic mass is 10.1. The van der Waals surface area contributed by atoms with E-state index in [0.717, 1.165) is 11.1 Å². The quantitative estimate of drug-likeness (QED) is 0.311. The van der Waals surface area contributed by atoms with Crippen LogP contribution in [0.25, 0.3) is 28.0 Å². The highest BCUT2D eigenvalue weighted by Gasteiger charge is 2.30. The summed E-state index contributed by atoms with van der Waals surface area (Å²) < 4.78 is 44.6. The van der Waals surface area contributed by atoms with Crippen molar-refractivity contribution in [2.75, 3.05) is 18.7 Å². The highest BCUT2D eigenvalue weighted by atomic mass is 19.4. The number of nitrogens with one attached hydrogen (secondary N) is 1. The molecule has 0 radical (unpaired) electrons. The number of urea groups is 1. The average molecular weight is 485 g/mol. The molecule has 12 heteroatoms. The van der Waals surface area contributed by atoms with E-state index < -0.39 is 18.8 Å². The van der Waals surface area contributed by atoms with Crippen LogP contribution in [0, 0.1) is 0 Å². The van der Waals surface area contributed by atoms with Gasteiger partial charge in [0.2, 0.25) is 5.88 Å². The van der Waals surface area contributed by atoms with E-state index in [4.69, 9.17) is 4.74 Å². The molecular weight excluding hydrogens is 467 g/mol. The van der Waals surface area contributed by atoms with Gasteiger partial charge in [-0.1, -0.05) is 12.1 Å². The zero-order valence-corrected chi connectivity index (χ0v) is 18.2. The van der Waals surface area contributed by atoms with Crippen LogP contribution in [0.2, 0.25) is 0 Å². The zero-order chi connectivity index (χ0) is 25.0. The third-order valence-electron chi connectivity index (χ3n) is 4.94. The molecule has 0 fully saturated rings. The molecule has 3 aromatic heterocycles. The fourth-order valence-electron chi connectivity index (χ4n) is 3.44. The van der Waals surface area contributed by atoms with Gasteiger partial charge in [0.15, 0.2) is 0 Å². The summed E-state index contributed by atoms with van der Waals surface area (Å²) in [7, 11) is 1.53. The fraction of sp³-hybridized carbons (Fsp3) is 0.130. The lowest BCUT2D eigenvalue weighted by Crippen LogP contribution is -2.43. The van der Waals surface area contributed by atoms with Crippen LogP contribution < -0.4 is 15.1 Å². The number of methoxy groups -OCH3 is 1. The van der Waals surface area contributed by atoms with Crippen molar-refractivity contribution in [3.05, 3.63) is 67.1 Å². The third kappa shape index (κ3) is 5.16. The van der Waals surface area contributed by atoms with E-state index in [9.17, 15) is 22.8 Å². The molecule has 0 spiro atoms. The number of rotatable bonds is 7. The summed E-state index contributed by atoms with van der Waals surface area (Å²) in [6, 6.07) is 12.3. The molecule has 2 amide bonds. The number of pyridine rings is 2. The Bertz CT molecular complexity index is 1370. The standard InChI is InChI=1S/C23H18F3N5O4/c1-34-21-18(6-3-8-27-21)15-7-9-30-19(12-28-20(30)11-15)16-4-2-5-17(10-16)31(35-14-32)22(33)29-13-23(24,25)26/h2-12,14H,13H2,1H3,(H,29,33). The second-order valence-corrected chi connectivity index (χ2v) is 7.17. The summed E-state index contributed by atoms with van der Waals surface area (Å²) in [6.07, 6.45) is 0.400. The van der Waals surface area contributed by atoms with E-state index in [-0.39, 0.29) is 12.2 Å². The summed E-state index contributed by atoms with van der Waals surface area (Å²) in [6.45, 7) is -1.64. The molecule has 4 aromatic rings. The van der Waals surface area contributed by atoms with E-state index in [1.54, 1.807) is 46.5 Å². The Hall–Kier alpha value is -4.61. The number of halogens is 3. The van der Waals surface area contributed by atoms with Gasteiger partial charge in [0, 0.05) is 23.5 Å². The molecule has 1 aromatic carbocycles. The largest absolute Gasteiger partial charge is 0.481 e. The van der Waals surface area contributed by atoms with Gasteiger partial charge < -0.3 is 14.9 Å². The predicted octanol–water partition coefficient (Wildman–Crippen LogP) is 4.24. The van der Waals surface area contributed by atoms with Crippen molar-refractivity contribution in [3.8, 4) is 28.3 Å². The minimum Gasteiger partial charge on any atom is -0.481 e. The summed E-state index contributed by atoms with van der Waals surface area (Å²) in [5.41, 5.74) is 3.48. The molecule has 0 atom stereocenters. The average Bonchev–Trinajstić information content (AvgIpc) is 3.29. The van der Waals surface area contributed by atoms with Gasteiger partial charge in [-0.3, -0.25) is 9.20 Å². The molecular formula is C23H18F3N5O4. The molecule has 0 aliphatic heterocycles. The van der Waals surface area contributed by atoms with E-state index >= 15 is 0 Å². The minimum absolute atomic E-state index is 0.0425. The van der Waals surface area contributed by atoms with Gasteiger partial charge in [-0.05, 0) is 42.0 Å². The van der Waals surface area contributed by atoms with Gasteiger partial charge >= 0.3 is 18.7 Å². The molecule has 180 valence electrons. The number of hydrogen-bond donors (Lipinski definition) is 1. The number of alkyl halides is 3. The first kappa shape index (κ1) is 23.5. The van der Waals surface area contributed by atoms with Crippen LogP contribution in [0.1, 0.15) is 0 Å². The van der Waals surface area contributed by atoms with Gasteiger partial charge in [-0.15, -0.1) is 5.06 Å². The number of carbonyl (C=O) groups is 2. The maximum absolute atomic E-state index is 12.5. The normalized spacial score (nSPS) is 11.2. The SMILES string of the molecule is COc1ncccc1-c1ccn2c(-c3cccc(N(OC=O)C(=O)NCC(F)(F)F)c3)cnc2c1. The van der Waals surface area contributed by atoms with Crippen molar-refractivity contribution in [2.45, 2.75) is 6.18 Å². The molecule has 0 unspecified atom stereocenters. The van der Waals surface area contributed by atoms with E-state index in [1.807, 2.05) is 18.2 Å². The number of hydroxylamine groups is 1. The maximum atomic E-state index is 12.5. The lowest BCUT2D eigenvalue weighted by molar-refractivity contribution is -0.129. The first-order valence-corrected chi connectivity index (χ1v) is 10.1. The number of fused-ring (bicyclic) bond motifs is 1. The number of carbonyl (C=O) groups excluding carboxylic acids is 2. The number of anilines is 1. The highest BCUT2D eigenvalue weighted by Crippen LogP contribution is 2.31. The molecule has 1 N–H and O–H groups in total. The van der Waals surface area contributed by atoms with E-state index in [1.165, 1.54) is 19.2 Å². The summed E-state index contributed by atoms with van der Waals surface area (Å²) >= 11 is 0. The lowest BCUT2D eigenvalue weighted by Gasteiger charge is -2.20. The number of amides is 2. The summed E-state index contributed by atoms with van der Waals surface area (Å²) in [4.78, 5) is 36.4. The van der Waals surface area contributed by atoms with Gasteiger partial charge in [-0.25, -0.2) is 14.8 Å². The number of imidazole rings is 1. The zero-order valence-electron chi connectivity index (χ0n) is 18.2. The van der Waals surface area contributed by atoms with Crippen LogP contribution >= 0.6 is 0 Å². The molecule has 0 bridgehead atoms. The predicted molar refractivity (Wildman–Crippen MR) is 119 cm³/mol. The van der Waals surface area contributed by atoms with Gasteiger partial charge in [0.05, 0.1) is 24.7 Å². The Balaban J connectivity index is 1.66. The fourth-order valence-corrected chi connectivity index (χ4v) is 3.44. The smallest absolute Gasteiger partial charge is 0.405 e. The molecule has 4 rings (SSSR count). The molecule has 0 saturated heterocycles. The first-order valence-electron chi connectivity index (χ1n) is 10.1. The number of hydrogen-bond acceptors (Lipinski definition) is 6. The third-order valence-corrected chi connectivity index (χ3v) is 4.94. The van der Waals surface area contributed by atoms with Crippen molar-refractivity contribution in [1.82, 2.24) is 19.7 Å². The number of nitrogens with zero attached hydrogens (tertiary/aromatic N) is 4. The van der Waals surface area contributed by atoms with Crippen molar-refractivity contribution in [1.29, 1.82) is 0 Å². The van der Waals surface area contributed by atoms with Crippen molar-refractivity contribution in [2.24, 2.45) is 0 Å². The maximum Gasteiger partial charge on any atom is 0.405 e. The minimum atomic E-state index is -4.63. The Kier molecular flexibility index (Phi) is 6.53. The second kappa shape index (κ2) is 9.71. The van der Waals surface area contributed by atoms with Crippen LogP contribution in [0.5, 0.6) is 5.88 Å². The summed E-state index contributed by atoms with van der Waals surface area (Å²) in [5.74, 6) is 0.468. The molecule has 0 saturated carbocycles. The van der Waals surface area contributed by atoms with Crippen LogP contribution in [0.3, 0.4) is 0 Å². The highest BCUT2D eigenvalue weighted by molar-refractivity contribution is 5.91. The molecule has 3 heterocycles. The van der Waals surface area contributed by atoms with Gasteiger partial charge in [0.25, 0.3) is 0 Å². The molecule has 35 heavy (non-hydrogen) atoms. The van der Waals surface area contributed by atoms with Crippen molar-refractivity contribution >= 4 is 23.8 Å². The topological polar surface area (TPSA) is 98.1 Å². The Morgan fingerprint density at radius 2 is 1.97 bits per heavy atom. The Labute approximate surface area is 196 Å².